The largest absolute Gasteiger partial charge is 0.494 e. The third-order valence-corrected chi connectivity index (χ3v) is 5.14. The van der Waals surface area contributed by atoms with Gasteiger partial charge in [0.2, 0.25) is 5.95 Å². The molecule has 0 aliphatic rings. The summed E-state index contributed by atoms with van der Waals surface area (Å²) in [6.45, 7) is 3.67. The first kappa shape index (κ1) is 24.7. The molecule has 0 aliphatic carbocycles. The normalized spacial score (nSPS) is 11.3. The van der Waals surface area contributed by atoms with E-state index in [1.807, 2.05) is 23.8 Å². The molecule has 8 nitrogen and oxygen atoms in total. The van der Waals surface area contributed by atoms with E-state index in [1.165, 1.54) is 25.3 Å². The Morgan fingerprint density at radius 3 is 2.44 bits per heavy atom. The summed E-state index contributed by atoms with van der Waals surface area (Å²) in [6, 6.07) is 11.2. The van der Waals surface area contributed by atoms with Gasteiger partial charge < -0.3 is 19.4 Å². The number of hydrogen-bond donors (Lipinski definition) is 1. The molecule has 2 heterocycles. The summed E-state index contributed by atoms with van der Waals surface area (Å²) in [5.41, 5.74) is 1.97. The van der Waals surface area contributed by atoms with E-state index in [0.717, 1.165) is 23.5 Å². The van der Waals surface area contributed by atoms with E-state index in [4.69, 9.17) is 9.47 Å². The summed E-state index contributed by atoms with van der Waals surface area (Å²) < 4.78 is 51.3. The number of hydrogen-bond acceptors (Lipinski definition) is 7. The number of aryl methyl sites for hydroxylation is 1. The maximum absolute atomic E-state index is 13.0. The average molecular weight is 497 g/mol. The summed E-state index contributed by atoms with van der Waals surface area (Å²) in [7, 11) is 1.53. The maximum atomic E-state index is 13.0. The Balaban J connectivity index is 1.70. The first-order valence-electron chi connectivity index (χ1n) is 10.9. The lowest BCUT2D eigenvalue weighted by atomic mass is 10.1. The van der Waals surface area contributed by atoms with Gasteiger partial charge in [-0.05, 0) is 44.2 Å². The molecule has 36 heavy (non-hydrogen) atoms. The van der Waals surface area contributed by atoms with Crippen molar-refractivity contribution in [3.63, 3.8) is 0 Å². The van der Waals surface area contributed by atoms with E-state index in [9.17, 15) is 18.0 Å². The molecule has 2 aromatic heterocycles. The van der Waals surface area contributed by atoms with Crippen molar-refractivity contribution in [3.05, 3.63) is 78.0 Å². The third kappa shape index (κ3) is 5.45. The third-order valence-electron chi connectivity index (χ3n) is 5.14. The summed E-state index contributed by atoms with van der Waals surface area (Å²) in [5, 5.41) is 3.03. The van der Waals surface area contributed by atoms with Crippen LogP contribution in [-0.4, -0.2) is 39.2 Å². The van der Waals surface area contributed by atoms with Crippen LogP contribution in [0.1, 0.15) is 28.7 Å². The van der Waals surface area contributed by atoms with Crippen LogP contribution in [0.4, 0.5) is 24.8 Å². The molecule has 0 unspecified atom stereocenters. The Kier molecular flexibility index (Phi) is 6.91. The van der Waals surface area contributed by atoms with Crippen LogP contribution >= 0.6 is 0 Å². The molecule has 11 heteroatoms. The number of alkyl halides is 3. The molecule has 2 aromatic carbocycles. The van der Waals surface area contributed by atoms with Crippen LogP contribution in [-0.2, 0) is 10.9 Å². The minimum absolute atomic E-state index is 0.0401. The van der Waals surface area contributed by atoms with E-state index in [2.05, 4.69) is 20.3 Å². The van der Waals surface area contributed by atoms with E-state index < -0.39 is 17.7 Å². The Morgan fingerprint density at radius 1 is 1.08 bits per heavy atom. The number of nitrogens with zero attached hydrogens (tertiary/aromatic N) is 4. The van der Waals surface area contributed by atoms with Gasteiger partial charge in [-0.15, -0.1) is 0 Å². The molecule has 0 spiro atoms. The van der Waals surface area contributed by atoms with Crippen molar-refractivity contribution in [1.82, 2.24) is 19.5 Å². The first-order chi connectivity index (χ1) is 17.2. The molecule has 0 fully saturated rings. The summed E-state index contributed by atoms with van der Waals surface area (Å²) in [4.78, 5) is 25.3. The molecule has 0 saturated heterocycles. The summed E-state index contributed by atoms with van der Waals surface area (Å²) in [6.07, 6.45) is -0.941. The van der Waals surface area contributed by atoms with Gasteiger partial charge >= 0.3 is 12.1 Å². The zero-order valence-corrected chi connectivity index (χ0v) is 19.6. The second kappa shape index (κ2) is 10.1. The molecule has 0 bridgehead atoms. The van der Waals surface area contributed by atoms with Gasteiger partial charge in [-0.2, -0.15) is 13.2 Å². The number of carbonyl (C=O) groups is 1. The van der Waals surface area contributed by atoms with Crippen molar-refractivity contribution in [2.75, 3.05) is 19.0 Å². The van der Waals surface area contributed by atoms with Crippen molar-refractivity contribution in [1.29, 1.82) is 0 Å². The molecule has 0 saturated carbocycles. The fraction of sp³-hybridized carbons (Fsp3) is 0.200. The molecular formula is C25H22F3N5O3. The number of benzene rings is 2. The number of nitrogens with one attached hydrogen (secondary N) is 1. The molecule has 4 aromatic rings. The van der Waals surface area contributed by atoms with Crippen molar-refractivity contribution >= 4 is 17.6 Å². The molecule has 4 rings (SSSR count). The van der Waals surface area contributed by atoms with Crippen molar-refractivity contribution in [2.45, 2.75) is 20.0 Å². The van der Waals surface area contributed by atoms with Crippen LogP contribution < -0.4 is 10.1 Å². The van der Waals surface area contributed by atoms with Crippen molar-refractivity contribution in [2.24, 2.45) is 0 Å². The van der Waals surface area contributed by atoms with Gasteiger partial charge in [0, 0.05) is 23.5 Å². The van der Waals surface area contributed by atoms with E-state index in [1.54, 1.807) is 25.4 Å². The highest BCUT2D eigenvalue weighted by Gasteiger charge is 2.30. The molecule has 0 aliphatic heterocycles. The molecule has 1 N–H and O–H groups in total. The molecule has 0 radical (unpaired) electrons. The van der Waals surface area contributed by atoms with Crippen LogP contribution in [0.2, 0.25) is 0 Å². The lowest BCUT2D eigenvalue weighted by molar-refractivity contribution is -0.137. The molecule has 0 amide bonds. The van der Waals surface area contributed by atoms with E-state index in [0.29, 0.717) is 17.0 Å². The Labute approximate surface area is 204 Å². The minimum atomic E-state index is -4.46. The smallest absolute Gasteiger partial charge is 0.416 e. The van der Waals surface area contributed by atoms with Crippen LogP contribution in [0.25, 0.3) is 16.9 Å². The first-order valence-corrected chi connectivity index (χ1v) is 10.9. The number of rotatable bonds is 7. The van der Waals surface area contributed by atoms with Crippen molar-refractivity contribution < 1.29 is 27.4 Å². The average Bonchev–Trinajstić information content (AvgIpc) is 3.29. The maximum Gasteiger partial charge on any atom is 0.416 e. The minimum Gasteiger partial charge on any atom is -0.494 e. The highest BCUT2D eigenvalue weighted by Crippen LogP contribution is 2.32. The number of aromatic nitrogens is 4. The zero-order chi connectivity index (χ0) is 25.9. The van der Waals surface area contributed by atoms with Crippen LogP contribution in [0.15, 0.2) is 61.1 Å². The van der Waals surface area contributed by atoms with Crippen LogP contribution in [0.5, 0.6) is 5.75 Å². The monoisotopic (exact) mass is 497 g/mol. The Bertz CT molecular complexity index is 1380. The predicted octanol–water partition coefficient (Wildman–Crippen LogP) is 5.59. The summed E-state index contributed by atoms with van der Waals surface area (Å²) in [5.74, 6) is -0.0786. The van der Waals surface area contributed by atoms with Gasteiger partial charge in [-0.1, -0.05) is 12.1 Å². The van der Waals surface area contributed by atoms with Gasteiger partial charge in [0.1, 0.15) is 5.75 Å². The SMILES string of the molecule is CCOC(=O)c1cc(-c2ccc(C(F)(F)F)cc2)nc(Nc2ccc(-n3cnc(C)c3)c(OC)c2)n1. The zero-order valence-electron chi connectivity index (χ0n) is 19.6. The summed E-state index contributed by atoms with van der Waals surface area (Å²) >= 11 is 0. The number of imidazole rings is 1. The molecular weight excluding hydrogens is 475 g/mol. The highest BCUT2D eigenvalue weighted by atomic mass is 19.4. The van der Waals surface area contributed by atoms with Crippen LogP contribution in [0, 0.1) is 6.92 Å². The number of ether oxygens (including phenoxy) is 2. The number of anilines is 2. The van der Waals surface area contributed by atoms with E-state index in [-0.39, 0.29) is 23.9 Å². The number of methoxy groups -OCH3 is 1. The van der Waals surface area contributed by atoms with Gasteiger partial charge in [0.25, 0.3) is 0 Å². The lowest BCUT2D eigenvalue weighted by Gasteiger charge is -2.13. The standard InChI is InChI=1S/C25H22F3N5O3/c1-4-36-23(34)20-12-19(16-5-7-17(8-6-16)25(26,27)28)31-24(32-20)30-18-9-10-21(22(11-18)35-3)33-13-15(2)29-14-33/h5-14H,4H2,1-3H3,(H,30,31,32). The second-order valence-corrected chi connectivity index (χ2v) is 7.69. The van der Waals surface area contributed by atoms with Crippen molar-refractivity contribution in [3.8, 4) is 22.7 Å². The lowest BCUT2D eigenvalue weighted by Crippen LogP contribution is -2.10. The highest BCUT2D eigenvalue weighted by molar-refractivity contribution is 5.89. The van der Waals surface area contributed by atoms with E-state index >= 15 is 0 Å². The van der Waals surface area contributed by atoms with Gasteiger partial charge in [-0.3, -0.25) is 0 Å². The topological polar surface area (TPSA) is 91.2 Å². The van der Waals surface area contributed by atoms with Gasteiger partial charge in [0.05, 0.1) is 42.7 Å². The second-order valence-electron chi connectivity index (χ2n) is 7.69. The quantitative estimate of drug-likeness (QED) is 0.333. The number of carbonyl (C=O) groups excluding carboxylic acids is 1. The van der Waals surface area contributed by atoms with Gasteiger partial charge in [-0.25, -0.2) is 19.7 Å². The Morgan fingerprint density at radius 2 is 1.83 bits per heavy atom. The fourth-order valence-electron chi connectivity index (χ4n) is 3.44. The van der Waals surface area contributed by atoms with Crippen LogP contribution in [0.3, 0.4) is 0 Å². The van der Waals surface area contributed by atoms with Gasteiger partial charge in [0.15, 0.2) is 5.69 Å². The predicted molar refractivity (Wildman–Crippen MR) is 127 cm³/mol. The molecule has 186 valence electrons. The number of esters is 1. The fourth-order valence-corrected chi connectivity index (χ4v) is 3.44. The molecule has 0 atom stereocenters. The number of halogens is 3. The Hall–Kier alpha value is -4.41.